The van der Waals surface area contributed by atoms with Crippen molar-refractivity contribution in [3.8, 4) is 0 Å². The van der Waals surface area contributed by atoms with Crippen molar-refractivity contribution < 1.29 is 9.84 Å². The molecular formula is C24H36O2. The first-order valence-electron chi connectivity index (χ1n) is 10.4. The van der Waals surface area contributed by atoms with Crippen molar-refractivity contribution in [2.24, 2.45) is 22.7 Å². The van der Waals surface area contributed by atoms with E-state index in [0.29, 0.717) is 30.3 Å². The molecule has 0 aliphatic heterocycles. The number of fused-ring (bicyclic) bond motifs is 1. The van der Waals surface area contributed by atoms with E-state index in [1.807, 2.05) is 0 Å². The lowest BCUT2D eigenvalue weighted by atomic mass is 9.51. The van der Waals surface area contributed by atoms with Crippen molar-refractivity contribution in [2.45, 2.75) is 65.9 Å². The molecule has 2 aliphatic carbocycles. The SMILES string of the molecule is C/C=C1/CCC2C(C)(C)C(C(OCCCO)c3ccccc3)CC[C@]12C. The van der Waals surface area contributed by atoms with Gasteiger partial charge in [0.05, 0.1) is 6.10 Å². The maximum atomic E-state index is 9.19. The van der Waals surface area contributed by atoms with Gasteiger partial charge in [-0.15, -0.1) is 0 Å². The highest BCUT2D eigenvalue weighted by Crippen LogP contribution is 2.65. The van der Waals surface area contributed by atoms with Crippen LogP contribution in [0.3, 0.4) is 0 Å². The fourth-order valence-corrected chi connectivity index (χ4v) is 6.12. The van der Waals surface area contributed by atoms with Gasteiger partial charge in [-0.2, -0.15) is 0 Å². The van der Waals surface area contributed by atoms with E-state index in [2.05, 4.69) is 64.1 Å². The summed E-state index contributed by atoms with van der Waals surface area (Å²) in [5.74, 6) is 1.23. The topological polar surface area (TPSA) is 29.5 Å². The molecule has 3 rings (SSSR count). The zero-order valence-corrected chi connectivity index (χ0v) is 17.0. The molecule has 2 aliphatic rings. The second-order valence-electron chi connectivity index (χ2n) is 9.07. The Kier molecular flexibility index (Phi) is 5.94. The Morgan fingerprint density at radius 3 is 2.58 bits per heavy atom. The number of benzene rings is 1. The standard InChI is InChI=1S/C24H36O2/c1-5-19-12-13-21-23(2,3)20(14-15-24(19,21)4)22(26-17-9-16-25)18-10-7-6-8-11-18/h5-8,10-11,20-22,25H,9,12-17H2,1-4H3/b19-5-/t20?,21?,22?,24-/m1/s1. The third kappa shape index (κ3) is 3.39. The van der Waals surface area contributed by atoms with Gasteiger partial charge in [0.25, 0.3) is 0 Å². The molecular weight excluding hydrogens is 320 g/mol. The molecule has 2 saturated carbocycles. The van der Waals surface area contributed by atoms with Crippen molar-refractivity contribution in [1.29, 1.82) is 0 Å². The maximum Gasteiger partial charge on any atom is 0.0858 e. The molecule has 0 saturated heterocycles. The molecule has 0 spiro atoms. The average Bonchev–Trinajstić information content (AvgIpc) is 2.98. The molecule has 0 radical (unpaired) electrons. The Labute approximate surface area is 159 Å². The van der Waals surface area contributed by atoms with Gasteiger partial charge in [0, 0.05) is 13.2 Å². The summed E-state index contributed by atoms with van der Waals surface area (Å²) in [4.78, 5) is 0. The lowest BCUT2D eigenvalue weighted by molar-refractivity contribution is -0.0990. The molecule has 2 nitrogen and oxygen atoms in total. The minimum absolute atomic E-state index is 0.122. The number of ether oxygens (including phenoxy) is 1. The molecule has 26 heavy (non-hydrogen) atoms. The van der Waals surface area contributed by atoms with Crippen LogP contribution in [-0.2, 0) is 4.74 Å². The van der Waals surface area contributed by atoms with Gasteiger partial charge < -0.3 is 9.84 Å². The number of hydrogen-bond acceptors (Lipinski definition) is 2. The first-order chi connectivity index (χ1) is 12.4. The van der Waals surface area contributed by atoms with E-state index in [-0.39, 0.29) is 18.1 Å². The van der Waals surface area contributed by atoms with E-state index >= 15 is 0 Å². The predicted molar refractivity (Wildman–Crippen MR) is 108 cm³/mol. The summed E-state index contributed by atoms with van der Waals surface area (Å²) in [6.07, 6.45) is 8.24. The summed E-state index contributed by atoms with van der Waals surface area (Å²) in [5, 5.41) is 9.19. The molecule has 1 aromatic rings. The number of hydrogen-bond donors (Lipinski definition) is 1. The van der Waals surface area contributed by atoms with Crippen LogP contribution in [-0.4, -0.2) is 18.3 Å². The molecule has 1 N–H and O–H groups in total. The summed E-state index contributed by atoms with van der Waals surface area (Å²) in [7, 11) is 0. The smallest absolute Gasteiger partial charge is 0.0858 e. The maximum absolute atomic E-state index is 9.19. The highest BCUT2D eigenvalue weighted by atomic mass is 16.5. The summed E-state index contributed by atoms with van der Waals surface area (Å²) in [6.45, 7) is 10.5. The van der Waals surface area contributed by atoms with Crippen LogP contribution in [0.2, 0.25) is 0 Å². The van der Waals surface area contributed by atoms with Crippen molar-refractivity contribution in [1.82, 2.24) is 0 Å². The fraction of sp³-hybridized carbons (Fsp3) is 0.667. The van der Waals surface area contributed by atoms with Gasteiger partial charge in [0.2, 0.25) is 0 Å². The minimum Gasteiger partial charge on any atom is -0.396 e. The lowest BCUT2D eigenvalue weighted by Gasteiger charge is -2.54. The highest BCUT2D eigenvalue weighted by molar-refractivity contribution is 5.26. The zero-order valence-electron chi connectivity index (χ0n) is 17.0. The molecule has 144 valence electrons. The molecule has 0 amide bonds. The Bertz CT molecular complexity index is 618. The van der Waals surface area contributed by atoms with Crippen LogP contribution in [0.4, 0.5) is 0 Å². The molecule has 0 bridgehead atoms. The number of aliphatic hydroxyl groups is 1. The van der Waals surface area contributed by atoms with Gasteiger partial charge in [-0.1, -0.05) is 62.8 Å². The minimum atomic E-state index is 0.122. The number of allylic oxidation sites excluding steroid dienone is 2. The molecule has 3 unspecified atom stereocenters. The normalized spacial score (nSPS) is 33.2. The highest BCUT2D eigenvalue weighted by Gasteiger charge is 2.56. The Morgan fingerprint density at radius 1 is 1.19 bits per heavy atom. The quantitative estimate of drug-likeness (QED) is 0.506. The van der Waals surface area contributed by atoms with Crippen LogP contribution >= 0.6 is 0 Å². The van der Waals surface area contributed by atoms with Gasteiger partial charge >= 0.3 is 0 Å². The number of aliphatic hydroxyl groups excluding tert-OH is 1. The molecule has 2 fully saturated rings. The van der Waals surface area contributed by atoms with E-state index in [1.165, 1.54) is 31.2 Å². The molecule has 0 heterocycles. The summed E-state index contributed by atoms with van der Waals surface area (Å²) >= 11 is 0. The van der Waals surface area contributed by atoms with Crippen LogP contribution in [0.5, 0.6) is 0 Å². The Morgan fingerprint density at radius 2 is 1.92 bits per heavy atom. The first kappa shape index (κ1) is 19.6. The van der Waals surface area contributed by atoms with Gasteiger partial charge in [0.15, 0.2) is 0 Å². The van der Waals surface area contributed by atoms with Crippen molar-refractivity contribution in [3.05, 3.63) is 47.5 Å². The summed E-state index contributed by atoms with van der Waals surface area (Å²) in [6, 6.07) is 10.7. The van der Waals surface area contributed by atoms with Crippen LogP contribution in [0.25, 0.3) is 0 Å². The molecule has 4 atom stereocenters. The largest absolute Gasteiger partial charge is 0.396 e. The third-order valence-corrected chi connectivity index (χ3v) is 7.48. The average molecular weight is 357 g/mol. The molecule has 2 heteroatoms. The van der Waals surface area contributed by atoms with E-state index in [0.717, 1.165) is 0 Å². The molecule has 1 aromatic carbocycles. The van der Waals surface area contributed by atoms with Crippen LogP contribution in [0.15, 0.2) is 42.0 Å². The van der Waals surface area contributed by atoms with E-state index in [9.17, 15) is 5.11 Å². The van der Waals surface area contributed by atoms with E-state index in [4.69, 9.17) is 4.74 Å². The van der Waals surface area contributed by atoms with E-state index in [1.54, 1.807) is 5.57 Å². The van der Waals surface area contributed by atoms with Gasteiger partial charge in [-0.05, 0) is 67.3 Å². The van der Waals surface area contributed by atoms with Crippen LogP contribution in [0.1, 0.15) is 71.5 Å². The second kappa shape index (κ2) is 7.86. The van der Waals surface area contributed by atoms with Crippen molar-refractivity contribution in [2.75, 3.05) is 13.2 Å². The summed E-state index contributed by atoms with van der Waals surface area (Å²) < 4.78 is 6.40. The van der Waals surface area contributed by atoms with Crippen LogP contribution in [0, 0.1) is 22.7 Å². The second-order valence-corrected chi connectivity index (χ2v) is 9.07. The Balaban J connectivity index is 1.90. The monoisotopic (exact) mass is 356 g/mol. The van der Waals surface area contributed by atoms with Crippen molar-refractivity contribution >= 4 is 0 Å². The predicted octanol–water partition coefficient (Wildman–Crippen LogP) is 5.93. The summed E-state index contributed by atoms with van der Waals surface area (Å²) in [5.41, 5.74) is 3.56. The van der Waals surface area contributed by atoms with Gasteiger partial charge in [-0.25, -0.2) is 0 Å². The lowest BCUT2D eigenvalue weighted by Crippen LogP contribution is -2.47. The fourth-order valence-electron chi connectivity index (χ4n) is 6.12. The zero-order chi connectivity index (χ0) is 18.8. The number of rotatable bonds is 6. The van der Waals surface area contributed by atoms with E-state index < -0.39 is 0 Å². The van der Waals surface area contributed by atoms with Crippen LogP contribution < -0.4 is 0 Å². The van der Waals surface area contributed by atoms with Crippen molar-refractivity contribution in [3.63, 3.8) is 0 Å². The van der Waals surface area contributed by atoms with Gasteiger partial charge in [-0.3, -0.25) is 0 Å². The first-order valence-corrected chi connectivity index (χ1v) is 10.4. The van der Waals surface area contributed by atoms with Gasteiger partial charge in [0.1, 0.15) is 0 Å². The third-order valence-electron chi connectivity index (χ3n) is 7.48. The Hall–Kier alpha value is -1.12. The molecule has 0 aromatic heterocycles.